The molecule has 0 saturated heterocycles. The first-order chi connectivity index (χ1) is 6.63. The Balaban J connectivity index is 2.81. The van der Waals surface area contributed by atoms with Gasteiger partial charge >= 0.3 is 5.91 Å². The van der Waals surface area contributed by atoms with Crippen LogP contribution in [0.4, 0.5) is 5.82 Å². The predicted molar refractivity (Wildman–Crippen MR) is 58.8 cm³/mol. The fourth-order valence-electron chi connectivity index (χ4n) is 0.869. The molecule has 0 aliphatic heterocycles. The van der Waals surface area contributed by atoms with Crippen LogP contribution in [0.5, 0.6) is 0 Å². The van der Waals surface area contributed by atoms with Crippen molar-refractivity contribution in [3.8, 4) is 11.8 Å². The van der Waals surface area contributed by atoms with Gasteiger partial charge in [0.1, 0.15) is 5.82 Å². The minimum absolute atomic E-state index is 0.346. The second-order valence-electron chi connectivity index (χ2n) is 2.65. The normalized spacial score (nSPS) is 8.79. The van der Waals surface area contributed by atoms with Crippen molar-refractivity contribution in [1.82, 2.24) is 4.98 Å². The summed E-state index contributed by atoms with van der Waals surface area (Å²) in [5, 5.41) is 2.57. The maximum absolute atomic E-state index is 11.1. The summed E-state index contributed by atoms with van der Waals surface area (Å²) in [6.07, 6.45) is 1.64. The number of anilines is 1. The highest BCUT2D eigenvalue weighted by atomic mass is 79.9. The Morgan fingerprint density at radius 2 is 2.36 bits per heavy atom. The van der Waals surface area contributed by atoms with Gasteiger partial charge in [0, 0.05) is 10.7 Å². The van der Waals surface area contributed by atoms with E-state index in [0.717, 1.165) is 10.0 Å². The largest absolute Gasteiger partial charge is 0.301 e. The van der Waals surface area contributed by atoms with E-state index >= 15 is 0 Å². The molecule has 14 heavy (non-hydrogen) atoms. The van der Waals surface area contributed by atoms with E-state index in [1.165, 1.54) is 0 Å². The topological polar surface area (TPSA) is 42.0 Å². The molecule has 1 N–H and O–H groups in total. The highest BCUT2D eigenvalue weighted by Gasteiger charge is 2.01. The first-order valence-corrected chi connectivity index (χ1v) is 4.78. The van der Waals surface area contributed by atoms with Gasteiger partial charge in [-0.15, -0.1) is 0 Å². The number of carbonyl (C=O) groups is 1. The van der Waals surface area contributed by atoms with Gasteiger partial charge in [-0.3, -0.25) is 10.1 Å². The molecule has 0 aliphatic rings. The monoisotopic (exact) mass is 252 g/mol. The average Bonchev–Trinajstić information content (AvgIpc) is 2.12. The van der Waals surface area contributed by atoms with Crippen LogP contribution < -0.4 is 5.32 Å². The smallest absolute Gasteiger partial charge is 0.300 e. The van der Waals surface area contributed by atoms with E-state index in [1.807, 2.05) is 6.92 Å². The van der Waals surface area contributed by atoms with E-state index < -0.39 is 0 Å². The Hall–Kier alpha value is -1.34. The van der Waals surface area contributed by atoms with Gasteiger partial charge in [0.05, 0.1) is 0 Å². The standard InChI is InChI=1S/C10H9BrN2O/c1-3-4-10(14)13-9-5-7(2)8(11)6-12-9/h5-6H,1-2H3,(H,12,13,14). The van der Waals surface area contributed by atoms with E-state index in [0.29, 0.717) is 5.82 Å². The summed E-state index contributed by atoms with van der Waals surface area (Å²) in [4.78, 5) is 15.1. The van der Waals surface area contributed by atoms with E-state index in [1.54, 1.807) is 19.2 Å². The summed E-state index contributed by atoms with van der Waals surface area (Å²) in [6, 6.07) is 1.78. The minimum Gasteiger partial charge on any atom is -0.300 e. The molecule has 1 heterocycles. The van der Waals surface area contributed by atoms with Crippen molar-refractivity contribution in [3.05, 3.63) is 22.3 Å². The lowest BCUT2D eigenvalue weighted by molar-refractivity contribution is -0.111. The van der Waals surface area contributed by atoms with Crippen molar-refractivity contribution >= 4 is 27.7 Å². The zero-order valence-corrected chi connectivity index (χ0v) is 9.47. The van der Waals surface area contributed by atoms with Gasteiger partial charge in [0.15, 0.2) is 0 Å². The van der Waals surface area contributed by atoms with Crippen LogP contribution in [0.25, 0.3) is 0 Å². The Bertz CT molecular complexity index is 418. The van der Waals surface area contributed by atoms with Crippen LogP contribution in [-0.2, 0) is 4.79 Å². The number of nitrogens with one attached hydrogen (secondary N) is 1. The van der Waals surface area contributed by atoms with Crippen LogP contribution in [0.1, 0.15) is 12.5 Å². The molecule has 0 aromatic carbocycles. The van der Waals surface area contributed by atoms with Gasteiger partial charge in [-0.05, 0) is 47.3 Å². The molecular formula is C10H9BrN2O. The fraction of sp³-hybridized carbons (Fsp3) is 0.200. The highest BCUT2D eigenvalue weighted by Crippen LogP contribution is 2.16. The Morgan fingerprint density at radius 1 is 1.64 bits per heavy atom. The Labute approximate surface area is 91.1 Å². The van der Waals surface area contributed by atoms with Crippen molar-refractivity contribution < 1.29 is 4.79 Å². The second-order valence-corrected chi connectivity index (χ2v) is 3.50. The molecule has 0 aliphatic carbocycles. The molecule has 0 radical (unpaired) electrons. The van der Waals surface area contributed by atoms with Crippen LogP contribution in [0.3, 0.4) is 0 Å². The van der Waals surface area contributed by atoms with Crippen molar-refractivity contribution in [2.75, 3.05) is 5.32 Å². The third-order valence-corrected chi connectivity index (χ3v) is 2.36. The third-order valence-electron chi connectivity index (χ3n) is 1.53. The number of pyridine rings is 1. The number of hydrogen-bond donors (Lipinski definition) is 1. The maximum Gasteiger partial charge on any atom is 0.301 e. The van der Waals surface area contributed by atoms with Crippen LogP contribution in [0, 0.1) is 18.8 Å². The fourth-order valence-corrected chi connectivity index (χ4v) is 1.09. The molecule has 1 aromatic heterocycles. The van der Waals surface area contributed by atoms with E-state index in [9.17, 15) is 4.79 Å². The second kappa shape index (κ2) is 4.77. The van der Waals surface area contributed by atoms with Gasteiger partial charge in [-0.1, -0.05) is 5.92 Å². The van der Waals surface area contributed by atoms with Gasteiger partial charge in [-0.25, -0.2) is 4.98 Å². The van der Waals surface area contributed by atoms with Crippen molar-refractivity contribution in [2.45, 2.75) is 13.8 Å². The zero-order valence-electron chi connectivity index (χ0n) is 7.89. The Kier molecular flexibility index (Phi) is 3.66. The van der Waals surface area contributed by atoms with E-state index in [4.69, 9.17) is 0 Å². The molecule has 0 atom stereocenters. The minimum atomic E-state index is -0.346. The lowest BCUT2D eigenvalue weighted by atomic mass is 10.3. The summed E-state index contributed by atoms with van der Waals surface area (Å²) in [5.74, 6) is 5.06. The molecule has 4 heteroatoms. The highest BCUT2D eigenvalue weighted by molar-refractivity contribution is 9.10. The van der Waals surface area contributed by atoms with Crippen molar-refractivity contribution in [2.24, 2.45) is 0 Å². The lowest BCUT2D eigenvalue weighted by Crippen LogP contribution is -2.09. The van der Waals surface area contributed by atoms with Gasteiger partial charge < -0.3 is 0 Å². The predicted octanol–water partition coefficient (Wildman–Crippen LogP) is 2.11. The molecule has 3 nitrogen and oxygen atoms in total. The number of aryl methyl sites for hydroxylation is 1. The lowest BCUT2D eigenvalue weighted by Gasteiger charge is -2.02. The molecule has 0 saturated carbocycles. The quantitative estimate of drug-likeness (QED) is 0.779. The molecule has 1 aromatic rings. The zero-order chi connectivity index (χ0) is 10.6. The molecule has 72 valence electrons. The molecular weight excluding hydrogens is 244 g/mol. The van der Waals surface area contributed by atoms with E-state index in [-0.39, 0.29) is 5.91 Å². The number of halogens is 1. The number of amides is 1. The van der Waals surface area contributed by atoms with E-state index in [2.05, 4.69) is 38.1 Å². The molecule has 0 spiro atoms. The molecule has 0 unspecified atom stereocenters. The summed E-state index contributed by atoms with van der Waals surface area (Å²) in [7, 11) is 0. The molecule has 1 amide bonds. The molecule has 0 fully saturated rings. The first kappa shape index (κ1) is 10.7. The number of hydrogen-bond acceptors (Lipinski definition) is 2. The van der Waals surface area contributed by atoms with Crippen molar-refractivity contribution in [3.63, 3.8) is 0 Å². The number of rotatable bonds is 1. The summed E-state index contributed by atoms with van der Waals surface area (Å²) in [6.45, 7) is 3.53. The molecule has 1 rings (SSSR count). The number of nitrogens with zero attached hydrogens (tertiary/aromatic N) is 1. The van der Waals surface area contributed by atoms with Crippen LogP contribution >= 0.6 is 15.9 Å². The van der Waals surface area contributed by atoms with Crippen LogP contribution in [0.15, 0.2) is 16.7 Å². The third kappa shape index (κ3) is 2.86. The van der Waals surface area contributed by atoms with Crippen molar-refractivity contribution in [1.29, 1.82) is 0 Å². The van der Waals surface area contributed by atoms with Gasteiger partial charge in [0.2, 0.25) is 0 Å². The number of carbonyl (C=O) groups excluding carboxylic acids is 1. The SMILES string of the molecule is CC#CC(=O)Nc1cc(C)c(Br)cn1. The summed E-state index contributed by atoms with van der Waals surface area (Å²) < 4.78 is 0.914. The van der Waals surface area contributed by atoms with Crippen LogP contribution in [-0.4, -0.2) is 10.9 Å². The maximum atomic E-state index is 11.1. The molecule has 0 bridgehead atoms. The average molecular weight is 253 g/mol. The van der Waals surface area contributed by atoms with Gasteiger partial charge in [-0.2, -0.15) is 0 Å². The Morgan fingerprint density at radius 3 is 2.93 bits per heavy atom. The number of aromatic nitrogens is 1. The summed E-state index contributed by atoms with van der Waals surface area (Å²) >= 11 is 3.32. The first-order valence-electron chi connectivity index (χ1n) is 3.99. The van der Waals surface area contributed by atoms with Crippen LogP contribution in [0.2, 0.25) is 0 Å². The summed E-state index contributed by atoms with van der Waals surface area (Å²) in [5.41, 5.74) is 1.01. The van der Waals surface area contributed by atoms with Gasteiger partial charge in [0.25, 0.3) is 0 Å².